The first-order valence-electron chi connectivity index (χ1n) is 5.28. The number of fused-ring (bicyclic) bond motifs is 1. The van der Waals surface area contributed by atoms with Gasteiger partial charge in [0.2, 0.25) is 0 Å². The highest BCUT2D eigenvalue weighted by molar-refractivity contribution is 6.31. The van der Waals surface area contributed by atoms with Crippen molar-refractivity contribution in [2.24, 2.45) is 7.05 Å². The fraction of sp³-hybridized carbons (Fsp3) is 0.0769. The summed E-state index contributed by atoms with van der Waals surface area (Å²) in [6, 6.07) is 9.63. The fourth-order valence-electron chi connectivity index (χ4n) is 1.93. The van der Waals surface area contributed by atoms with Crippen molar-refractivity contribution in [1.82, 2.24) is 14.5 Å². The van der Waals surface area contributed by atoms with E-state index in [0.29, 0.717) is 5.02 Å². The topological polar surface area (TPSA) is 30.7 Å². The molecule has 0 radical (unpaired) electrons. The minimum atomic E-state index is 0.705. The molecule has 0 saturated heterocycles. The van der Waals surface area contributed by atoms with Gasteiger partial charge >= 0.3 is 0 Å². The molecular formula is C13H10ClN3. The number of hydrogen-bond donors (Lipinski definition) is 0. The molecule has 3 rings (SSSR count). The molecule has 4 heteroatoms. The van der Waals surface area contributed by atoms with Crippen molar-refractivity contribution in [3.05, 3.63) is 47.7 Å². The Hall–Kier alpha value is -1.87. The third kappa shape index (κ3) is 1.68. The van der Waals surface area contributed by atoms with Gasteiger partial charge in [-0.25, -0.2) is 4.98 Å². The first kappa shape index (κ1) is 10.3. The molecule has 0 N–H and O–H groups in total. The number of imidazole rings is 1. The van der Waals surface area contributed by atoms with Crippen LogP contribution in [-0.2, 0) is 7.05 Å². The van der Waals surface area contributed by atoms with Gasteiger partial charge in [-0.3, -0.25) is 4.98 Å². The monoisotopic (exact) mass is 243 g/mol. The van der Waals surface area contributed by atoms with Crippen LogP contribution in [0.25, 0.3) is 22.4 Å². The van der Waals surface area contributed by atoms with Gasteiger partial charge in [-0.05, 0) is 30.3 Å². The third-order valence-corrected chi connectivity index (χ3v) is 3.02. The zero-order chi connectivity index (χ0) is 11.8. The van der Waals surface area contributed by atoms with E-state index in [0.717, 1.165) is 22.4 Å². The van der Waals surface area contributed by atoms with E-state index in [2.05, 4.69) is 14.5 Å². The highest BCUT2D eigenvalue weighted by atomic mass is 35.5. The van der Waals surface area contributed by atoms with E-state index in [1.807, 2.05) is 37.4 Å². The molecule has 0 fully saturated rings. The van der Waals surface area contributed by atoms with Crippen LogP contribution in [0.3, 0.4) is 0 Å². The van der Waals surface area contributed by atoms with Crippen LogP contribution >= 0.6 is 11.6 Å². The Morgan fingerprint density at radius 3 is 2.65 bits per heavy atom. The van der Waals surface area contributed by atoms with Crippen LogP contribution < -0.4 is 0 Å². The van der Waals surface area contributed by atoms with Gasteiger partial charge in [-0.2, -0.15) is 0 Å². The highest BCUT2D eigenvalue weighted by Gasteiger charge is 2.09. The lowest BCUT2D eigenvalue weighted by atomic mass is 10.2. The van der Waals surface area contributed by atoms with Crippen molar-refractivity contribution in [2.75, 3.05) is 0 Å². The predicted octanol–water partition coefficient (Wildman–Crippen LogP) is 3.29. The number of benzene rings is 1. The van der Waals surface area contributed by atoms with Crippen molar-refractivity contribution in [3.63, 3.8) is 0 Å². The van der Waals surface area contributed by atoms with Crippen LogP contribution in [0, 0.1) is 0 Å². The molecule has 3 nitrogen and oxygen atoms in total. The lowest BCUT2D eigenvalue weighted by Crippen LogP contribution is -1.92. The molecule has 0 amide bonds. The normalized spacial score (nSPS) is 10.9. The van der Waals surface area contributed by atoms with Crippen LogP contribution in [0.1, 0.15) is 0 Å². The smallest absolute Gasteiger partial charge is 0.140 e. The molecule has 0 saturated carbocycles. The number of rotatable bonds is 1. The molecule has 0 unspecified atom stereocenters. The first-order valence-corrected chi connectivity index (χ1v) is 5.66. The highest BCUT2D eigenvalue weighted by Crippen LogP contribution is 2.25. The number of halogens is 1. The molecule has 0 spiro atoms. The predicted molar refractivity (Wildman–Crippen MR) is 69.0 cm³/mol. The Morgan fingerprint density at radius 2 is 1.88 bits per heavy atom. The van der Waals surface area contributed by atoms with Gasteiger partial charge < -0.3 is 4.57 Å². The average molecular weight is 244 g/mol. The summed E-state index contributed by atoms with van der Waals surface area (Å²) in [6.45, 7) is 0. The molecule has 0 aliphatic rings. The Labute approximate surface area is 104 Å². The summed E-state index contributed by atoms with van der Waals surface area (Å²) >= 11 is 5.97. The van der Waals surface area contributed by atoms with Gasteiger partial charge in [-0.15, -0.1) is 0 Å². The van der Waals surface area contributed by atoms with E-state index < -0.39 is 0 Å². The number of aryl methyl sites for hydroxylation is 1. The number of aromatic nitrogens is 3. The standard InChI is InChI=1S/C13H10ClN3/c1-17-12-3-2-10(14)8-11(12)16-13(17)9-4-6-15-7-5-9/h2-8H,1H3. The number of pyridine rings is 1. The Kier molecular flexibility index (Phi) is 2.34. The fourth-order valence-corrected chi connectivity index (χ4v) is 2.10. The Morgan fingerprint density at radius 1 is 1.12 bits per heavy atom. The summed E-state index contributed by atoms with van der Waals surface area (Å²) in [6.07, 6.45) is 3.53. The van der Waals surface area contributed by atoms with Crippen LogP contribution in [0.4, 0.5) is 0 Å². The summed E-state index contributed by atoms with van der Waals surface area (Å²) in [5.41, 5.74) is 3.03. The van der Waals surface area contributed by atoms with E-state index >= 15 is 0 Å². The maximum atomic E-state index is 5.97. The second-order valence-electron chi connectivity index (χ2n) is 3.86. The Balaban J connectivity index is 2.28. The zero-order valence-electron chi connectivity index (χ0n) is 9.26. The van der Waals surface area contributed by atoms with Crippen LogP contribution in [0.2, 0.25) is 5.02 Å². The molecule has 84 valence electrons. The zero-order valence-corrected chi connectivity index (χ0v) is 10.0. The van der Waals surface area contributed by atoms with E-state index in [1.54, 1.807) is 12.4 Å². The minimum Gasteiger partial charge on any atom is -0.327 e. The number of nitrogens with zero attached hydrogens (tertiary/aromatic N) is 3. The minimum absolute atomic E-state index is 0.705. The largest absolute Gasteiger partial charge is 0.327 e. The first-order chi connectivity index (χ1) is 8.25. The molecule has 2 heterocycles. The molecule has 1 aromatic carbocycles. The second kappa shape index (κ2) is 3.86. The molecule has 3 aromatic rings. The van der Waals surface area contributed by atoms with Crippen LogP contribution in [0.5, 0.6) is 0 Å². The van der Waals surface area contributed by atoms with Crippen molar-refractivity contribution in [3.8, 4) is 11.4 Å². The maximum Gasteiger partial charge on any atom is 0.140 e. The van der Waals surface area contributed by atoms with Gasteiger partial charge in [0.05, 0.1) is 11.0 Å². The van der Waals surface area contributed by atoms with Gasteiger partial charge in [0.25, 0.3) is 0 Å². The summed E-state index contributed by atoms with van der Waals surface area (Å²) in [7, 11) is 2.00. The SMILES string of the molecule is Cn1c(-c2ccncc2)nc2cc(Cl)ccc21. The van der Waals surface area contributed by atoms with E-state index in [-0.39, 0.29) is 0 Å². The molecule has 2 aromatic heterocycles. The van der Waals surface area contributed by atoms with Gasteiger partial charge in [-0.1, -0.05) is 11.6 Å². The van der Waals surface area contributed by atoms with Crippen molar-refractivity contribution < 1.29 is 0 Å². The summed E-state index contributed by atoms with van der Waals surface area (Å²) < 4.78 is 2.06. The summed E-state index contributed by atoms with van der Waals surface area (Å²) in [5, 5.41) is 0.705. The molecule has 0 atom stereocenters. The average Bonchev–Trinajstić information content (AvgIpc) is 2.67. The van der Waals surface area contributed by atoms with Crippen LogP contribution in [0.15, 0.2) is 42.7 Å². The summed E-state index contributed by atoms with van der Waals surface area (Å²) in [5.74, 6) is 0.921. The van der Waals surface area contributed by atoms with Crippen molar-refractivity contribution in [1.29, 1.82) is 0 Å². The molecule has 0 aliphatic carbocycles. The van der Waals surface area contributed by atoms with Gasteiger partial charge in [0, 0.05) is 30.0 Å². The molecule has 0 bridgehead atoms. The molecular weight excluding hydrogens is 234 g/mol. The second-order valence-corrected chi connectivity index (χ2v) is 4.30. The molecule has 17 heavy (non-hydrogen) atoms. The molecule has 0 aliphatic heterocycles. The summed E-state index contributed by atoms with van der Waals surface area (Å²) in [4.78, 5) is 8.60. The van der Waals surface area contributed by atoms with Crippen molar-refractivity contribution in [2.45, 2.75) is 0 Å². The van der Waals surface area contributed by atoms with Crippen molar-refractivity contribution >= 4 is 22.6 Å². The van der Waals surface area contributed by atoms with E-state index in [1.165, 1.54) is 0 Å². The lowest BCUT2D eigenvalue weighted by molar-refractivity contribution is 0.958. The van der Waals surface area contributed by atoms with Crippen LogP contribution in [-0.4, -0.2) is 14.5 Å². The number of hydrogen-bond acceptors (Lipinski definition) is 2. The quantitative estimate of drug-likeness (QED) is 0.657. The Bertz CT molecular complexity index is 674. The van der Waals surface area contributed by atoms with Gasteiger partial charge in [0.1, 0.15) is 5.82 Å². The van der Waals surface area contributed by atoms with Gasteiger partial charge in [0.15, 0.2) is 0 Å². The maximum absolute atomic E-state index is 5.97. The van der Waals surface area contributed by atoms with E-state index in [4.69, 9.17) is 11.6 Å². The lowest BCUT2D eigenvalue weighted by Gasteiger charge is -2.01. The third-order valence-electron chi connectivity index (χ3n) is 2.78. The van der Waals surface area contributed by atoms with E-state index in [9.17, 15) is 0 Å².